The van der Waals surface area contributed by atoms with Crippen molar-refractivity contribution in [2.45, 2.75) is 38.5 Å². The number of nitrogens with one attached hydrogen (secondary N) is 1. The number of rotatable bonds is 6. The minimum Gasteiger partial charge on any atom is -0.354 e. The maximum Gasteiger partial charge on any atom is 0.231 e. The Labute approximate surface area is 148 Å². The summed E-state index contributed by atoms with van der Waals surface area (Å²) >= 11 is 0. The standard InChI is InChI=1S/C18H25FN2O3S/c1-17(2)13-18(17,14-5-7-15(19)8-6-14)16(22)20-9-12-25(23,24)21-10-3-4-11-21/h5-8H,3-4,9-13H2,1-2H3,(H,20,22). The minimum absolute atomic E-state index is 0.0847. The minimum atomic E-state index is -3.31. The van der Waals surface area contributed by atoms with Crippen molar-refractivity contribution >= 4 is 15.9 Å². The SMILES string of the molecule is CC1(C)CC1(C(=O)NCCS(=O)(=O)N1CCCC1)c1ccc(F)cc1. The highest BCUT2D eigenvalue weighted by Gasteiger charge is 2.66. The van der Waals surface area contributed by atoms with E-state index in [4.69, 9.17) is 0 Å². The zero-order valence-corrected chi connectivity index (χ0v) is 15.5. The van der Waals surface area contributed by atoms with Crippen molar-refractivity contribution in [3.05, 3.63) is 35.6 Å². The van der Waals surface area contributed by atoms with E-state index in [1.807, 2.05) is 13.8 Å². The van der Waals surface area contributed by atoms with Gasteiger partial charge in [0.15, 0.2) is 0 Å². The fraction of sp³-hybridized carbons (Fsp3) is 0.611. The van der Waals surface area contributed by atoms with E-state index in [9.17, 15) is 17.6 Å². The lowest BCUT2D eigenvalue weighted by atomic mass is 9.87. The molecule has 2 aliphatic rings. The molecular formula is C18H25FN2O3S. The molecule has 1 N–H and O–H groups in total. The van der Waals surface area contributed by atoms with E-state index in [2.05, 4.69) is 5.32 Å². The largest absolute Gasteiger partial charge is 0.354 e. The van der Waals surface area contributed by atoms with Crippen LogP contribution in [0.2, 0.25) is 0 Å². The summed E-state index contributed by atoms with van der Waals surface area (Å²) in [6.07, 6.45) is 2.46. The maximum absolute atomic E-state index is 13.2. The number of carbonyl (C=O) groups excluding carboxylic acids is 1. The van der Waals surface area contributed by atoms with Gasteiger partial charge in [-0.2, -0.15) is 0 Å². The van der Waals surface area contributed by atoms with Crippen molar-refractivity contribution in [3.8, 4) is 0 Å². The van der Waals surface area contributed by atoms with Crippen LogP contribution in [0, 0.1) is 11.2 Å². The van der Waals surface area contributed by atoms with Crippen LogP contribution in [0.4, 0.5) is 4.39 Å². The second-order valence-electron chi connectivity index (χ2n) is 7.65. The zero-order valence-electron chi connectivity index (χ0n) is 14.7. The van der Waals surface area contributed by atoms with Gasteiger partial charge in [0.05, 0.1) is 11.2 Å². The lowest BCUT2D eigenvalue weighted by molar-refractivity contribution is -0.124. The Morgan fingerprint density at radius 1 is 1.20 bits per heavy atom. The van der Waals surface area contributed by atoms with Crippen molar-refractivity contribution < 1.29 is 17.6 Å². The highest BCUT2D eigenvalue weighted by atomic mass is 32.2. The first kappa shape index (κ1) is 18.3. The number of hydrogen-bond donors (Lipinski definition) is 1. The van der Waals surface area contributed by atoms with Gasteiger partial charge in [0.25, 0.3) is 0 Å². The number of benzene rings is 1. The molecule has 1 saturated carbocycles. The Balaban J connectivity index is 1.66. The molecule has 5 nitrogen and oxygen atoms in total. The van der Waals surface area contributed by atoms with Crippen LogP contribution in [-0.2, 0) is 20.2 Å². The number of halogens is 1. The van der Waals surface area contributed by atoms with Crippen molar-refractivity contribution in [1.29, 1.82) is 0 Å². The van der Waals surface area contributed by atoms with Gasteiger partial charge in [-0.1, -0.05) is 26.0 Å². The molecule has 0 radical (unpaired) electrons. The molecule has 1 heterocycles. The van der Waals surface area contributed by atoms with E-state index >= 15 is 0 Å². The first-order valence-electron chi connectivity index (χ1n) is 8.71. The van der Waals surface area contributed by atoms with E-state index in [0.717, 1.165) is 18.4 Å². The number of amides is 1. The van der Waals surface area contributed by atoms with Gasteiger partial charge in [0, 0.05) is 19.6 Å². The Kier molecular flexibility index (Phi) is 4.66. The second-order valence-corrected chi connectivity index (χ2v) is 9.74. The molecule has 1 aromatic rings. The average Bonchev–Trinajstić information content (AvgIpc) is 2.92. The number of hydrogen-bond acceptors (Lipinski definition) is 3. The third-order valence-electron chi connectivity index (χ3n) is 5.57. The molecule has 1 atom stereocenters. The highest BCUT2D eigenvalue weighted by Crippen LogP contribution is 2.64. The van der Waals surface area contributed by atoms with E-state index in [-0.39, 0.29) is 29.4 Å². The number of carbonyl (C=O) groups is 1. The summed E-state index contributed by atoms with van der Waals surface area (Å²) in [6, 6.07) is 6.00. The maximum atomic E-state index is 13.2. The molecule has 1 aliphatic heterocycles. The van der Waals surface area contributed by atoms with E-state index < -0.39 is 15.4 Å². The summed E-state index contributed by atoms with van der Waals surface area (Å²) in [6.45, 7) is 5.23. The Morgan fingerprint density at radius 2 is 1.76 bits per heavy atom. The Morgan fingerprint density at radius 3 is 2.28 bits per heavy atom. The van der Waals surface area contributed by atoms with Crippen LogP contribution in [0.1, 0.15) is 38.7 Å². The second kappa shape index (κ2) is 6.36. The van der Waals surface area contributed by atoms with Crippen LogP contribution < -0.4 is 5.32 Å². The first-order chi connectivity index (χ1) is 11.7. The highest BCUT2D eigenvalue weighted by molar-refractivity contribution is 7.89. The monoisotopic (exact) mass is 368 g/mol. The summed E-state index contributed by atoms with van der Waals surface area (Å²) in [7, 11) is -3.31. The molecule has 3 rings (SSSR count). The van der Waals surface area contributed by atoms with Crippen LogP contribution in [-0.4, -0.2) is 44.0 Å². The lowest BCUT2D eigenvalue weighted by Crippen LogP contribution is -2.41. The van der Waals surface area contributed by atoms with E-state index in [1.54, 1.807) is 12.1 Å². The smallest absolute Gasteiger partial charge is 0.231 e. The lowest BCUT2D eigenvalue weighted by Gasteiger charge is -2.21. The summed E-state index contributed by atoms with van der Waals surface area (Å²) < 4.78 is 39.2. The van der Waals surface area contributed by atoms with Crippen molar-refractivity contribution in [1.82, 2.24) is 9.62 Å². The Bertz CT molecular complexity index is 755. The van der Waals surface area contributed by atoms with Crippen LogP contribution in [0.3, 0.4) is 0 Å². The summed E-state index contributed by atoms with van der Waals surface area (Å²) in [4.78, 5) is 12.8. The molecule has 1 aliphatic carbocycles. The van der Waals surface area contributed by atoms with Gasteiger partial charge in [-0.25, -0.2) is 17.1 Å². The molecule has 7 heteroatoms. The predicted molar refractivity (Wildman–Crippen MR) is 94.1 cm³/mol. The topological polar surface area (TPSA) is 66.5 Å². The fourth-order valence-corrected chi connectivity index (χ4v) is 5.34. The third kappa shape index (κ3) is 3.31. The molecule has 0 bridgehead atoms. The van der Waals surface area contributed by atoms with Crippen molar-refractivity contribution in [2.24, 2.45) is 5.41 Å². The van der Waals surface area contributed by atoms with Gasteiger partial charge < -0.3 is 5.32 Å². The van der Waals surface area contributed by atoms with Crippen LogP contribution in [0.15, 0.2) is 24.3 Å². The Hall–Kier alpha value is -1.47. The van der Waals surface area contributed by atoms with Gasteiger partial charge in [-0.15, -0.1) is 0 Å². The third-order valence-corrected chi connectivity index (χ3v) is 7.44. The molecule has 138 valence electrons. The summed E-state index contributed by atoms with van der Waals surface area (Å²) in [5.74, 6) is -0.603. The van der Waals surface area contributed by atoms with Crippen LogP contribution >= 0.6 is 0 Å². The quantitative estimate of drug-likeness (QED) is 0.836. The molecule has 25 heavy (non-hydrogen) atoms. The van der Waals surface area contributed by atoms with Crippen LogP contribution in [0.25, 0.3) is 0 Å². The normalized spacial score (nSPS) is 25.7. The van der Waals surface area contributed by atoms with E-state index in [1.165, 1.54) is 16.4 Å². The zero-order chi connectivity index (χ0) is 18.3. The van der Waals surface area contributed by atoms with Crippen molar-refractivity contribution in [3.63, 3.8) is 0 Å². The summed E-state index contributed by atoms with van der Waals surface area (Å²) in [5.41, 5.74) is -0.167. The van der Waals surface area contributed by atoms with Gasteiger partial charge >= 0.3 is 0 Å². The molecule has 2 fully saturated rings. The average molecular weight is 368 g/mol. The molecule has 1 amide bonds. The molecular weight excluding hydrogens is 343 g/mol. The molecule has 0 aromatic heterocycles. The fourth-order valence-electron chi connectivity index (χ4n) is 3.90. The number of sulfonamides is 1. The van der Waals surface area contributed by atoms with Gasteiger partial charge in [-0.05, 0) is 42.4 Å². The number of nitrogens with zero attached hydrogens (tertiary/aromatic N) is 1. The van der Waals surface area contributed by atoms with Crippen molar-refractivity contribution in [2.75, 3.05) is 25.4 Å². The van der Waals surface area contributed by atoms with Gasteiger partial charge in [0.1, 0.15) is 5.82 Å². The molecule has 0 spiro atoms. The predicted octanol–water partition coefficient (Wildman–Crippen LogP) is 2.04. The van der Waals surface area contributed by atoms with E-state index in [0.29, 0.717) is 19.5 Å². The molecule has 1 aromatic carbocycles. The van der Waals surface area contributed by atoms with Gasteiger partial charge in [-0.3, -0.25) is 4.79 Å². The molecule has 1 unspecified atom stereocenters. The summed E-state index contributed by atoms with van der Waals surface area (Å²) in [5, 5.41) is 2.80. The molecule has 1 saturated heterocycles. The first-order valence-corrected chi connectivity index (χ1v) is 10.3. The van der Waals surface area contributed by atoms with Gasteiger partial charge in [0.2, 0.25) is 15.9 Å². The van der Waals surface area contributed by atoms with Crippen LogP contribution in [0.5, 0.6) is 0 Å².